The molecule has 1 saturated heterocycles. The molecule has 0 aliphatic carbocycles. The molecular formula is C25H37IN4O3. The highest BCUT2D eigenvalue weighted by molar-refractivity contribution is 14.0. The van der Waals surface area contributed by atoms with Crippen molar-refractivity contribution in [3.63, 3.8) is 0 Å². The van der Waals surface area contributed by atoms with Crippen molar-refractivity contribution in [2.75, 3.05) is 45.9 Å². The Kier molecular flexibility index (Phi) is 11.6. The first-order chi connectivity index (χ1) is 15.6. The molecule has 8 heteroatoms. The average Bonchev–Trinajstić information content (AvgIpc) is 2.85. The number of nitrogens with zero attached hydrogens (tertiary/aromatic N) is 2. The first-order valence-corrected chi connectivity index (χ1v) is 11.3. The lowest BCUT2D eigenvalue weighted by Gasteiger charge is -2.34. The molecule has 182 valence electrons. The molecule has 0 aromatic heterocycles. The van der Waals surface area contributed by atoms with Gasteiger partial charge in [-0.05, 0) is 30.9 Å². The van der Waals surface area contributed by atoms with E-state index in [0.29, 0.717) is 12.6 Å². The largest absolute Gasteiger partial charge is 0.497 e. The highest BCUT2D eigenvalue weighted by Gasteiger charge is 2.21. The number of benzene rings is 2. The first-order valence-electron chi connectivity index (χ1n) is 11.3. The lowest BCUT2D eigenvalue weighted by molar-refractivity contribution is 0.134. The zero-order valence-corrected chi connectivity index (χ0v) is 22.4. The second-order valence-corrected chi connectivity index (χ2v) is 7.86. The van der Waals surface area contributed by atoms with Gasteiger partial charge in [0.25, 0.3) is 0 Å². The average molecular weight is 569 g/mol. The van der Waals surface area contributed by atoms with E-state index in [1.54, 1.807) is 14.2 Å². The number of halogens is 1. The summed E-state index contributed by atoms with van der Waals surface area (Å²) in [5.74, 6) is 2.47. The van der Waals surface area contributed by atoms with E-state index >= 15 is 0 Å². The van der Waals surface area contributed by atoms with E-state index in [9.17, 15) is 0 Å². The van der Waals surface area contributed by atoms with E-state index in [-0.39, 0.29) is 24.0 Å². The van der Waals surface area contributed by atoms with E-state index in [1.165, 1.54) is 11.1 Å². The van der Waals surface area contributed by atoms with Gasteiger partial charge in [-0.3, -0.25) is 4.99 Å². The van der Waals surface area contributed by atoms with Crippen LogP contribution in [-0.2, 0) is 17.9 Å². The molecule has 33 heavy (non-hydrogen) atoms. The molecule has 0 saturated carbocycles. The van der Waals surface area contributed by atoms with Crippen molar-refractivity contribution in [1.82, 2.24) is 10.6 Å². The quantitative estimate of drug-likeness (QED) is 0.269. The Morgan fingerprint density at radius 3 is 2.15 bits per heavy atom. The summed E-state index contributed by atoms with van der Waals surface area (Å²) in [5.41, 5.74) is 3.54. The zero-order chi connectivity index (χ0) is 22.8. The minimum absolute atomic E-state index is 0. The minimum atomic E-state index is 0. The fourth-order valence-electron chi connectivity index (χ4n) is 3.80. The number of anilines is 1. The monoisotopic (exact) mass is 568 g/mol. The Bertz CT molecular complexity index is 846. The van der Waals surface area contributed by atoms with Crippen molar-refractivity contribution in [2.24, 2.45) is 4.99 Å². The van der Waals surface area contributed by atoms with Crippen LogP contribution in [0.25, 0.3) is 0 Å². The van der Waals surface area contributed by atoms with Gasteiger partial charge in [0.2, 0.25) is 0 Å². The Balaban J connectivity index is 0.00000385. The van der Waals surface area contributed by atoms with Crippen molar-refractivity contribution in [3.8, 4) is 11.5 Å². The number of hydrogen-bond acceptors (Lipinski definition) is 5. The van der Waals surface area contributed by atoms with Crippen LogP contribution in [-0.4, -0.2) is 53.0 Å². The molecule has 1 fully saturated rings. The Hall–Kier alpha value is -2.20. The number of hydrogen-bond donors (Lipinski definition) is 2. The SMILES string of the molecule is CCOCc1ccc(CNC(=NC)NC2CCN(c3cc(OC)cc(OC)c3)CC2)cc1.I. The van der Waals surface area contributed by atoms with Crippen molar-refractivity contribution < 1.29 is 14.2 Å². The van der Waals surface area contributed by atoms with Gasteiger partial charge in [0.1, 0.15) is 11.5 Å². The van der Waals surface area contributed by atoms with Gasteiger partial charge in [0.05, 0.1) is 20.8 Å². The van der Waals surface area contributed by atoms with Gasteiger partial charge in [0.15, 0.2) is 5.96 Å². The molecule has 7 nitrogen and oxygen atoms in total. The summed E-state index contributed by atoms with van der Waals surface area (Å²) in [6.07, 6.45) is 2.07. The molecule has 2 aromatic carbocycles. The predicted molar refractivity (Wildman–Crippen MR) is 145 cm³/mol. The molecule has 0 amide bonds. The van der Waals surface area contributed by atoms with Crippen molar-refractivity contribution >= 4 is 35.6 Å². The highest BCUT2D eigenvalue weighted by atomic mass is 127. The van der Waals surface area contributed by atoms with Crippen LogP contribution in [0.4, 0.5) is 5.69 Å². The van der Waals surface area contributed by atoms with E-state index in [1.807, 2.05) is 20.0 Å². The minimum Gasteiger partial charge on any atom is -0.497 e. The van der Waals surface area contributed by atoms with Crippen molar-refractivity contribution in [2.45, 2.75) is 39.0 Å². The van der Waals surface area contributed by atoms with Crippen LogP contribution < -0.4 is 25.0 Å². The molecule has 2 aromatic rings. The summed E-state index contributed by atoms with van der Waals surface area (Å²) >= 11 is 0. The van der Waals surface area contributed by atoms with Gasteiger partial charge < -0.3 is 29.7 Å². The lowest BCUT2D eigenvalue weighted by atomic mass is 10.0. The molecule has 1 heterocycles. The van der Waals surface area contributed by atoms with E-state index in [4.69, 9.17) is 14.2 Å². The highest BCUT2D eigenvalue weighted by Crippen LogP contribution is 2.30. The molecule has 0 radical (unpaired) electrons. The van der Waals surface area contributed by atoms with E-state index in [0.717, 1.165) is 62.2 Å². The van der Waals surface area contributed by atoms with Crippen LogP contribution in [0.3, 0.4) is 0 Å². The van der Waals surface area contributed by atoms with Gasteiger partial charge in [0, 0.05) is 63.2 Å². The summed E-state index contributed by atoms with van der Waals surface area (Å²) in [5, 5.41) is 7.00. The molecule has 0 bridgehead atoms. The maximum atomic E-state index is 5.46. The molecule has 2 N–H and O–H groups in total. The van der Waals surface area contributed by atoms with Crippen LogP contribution in [0.15, 0.2) is 47.5 Å². The fourth-order valence-corrected chi connectivity index (χ4v) is 3.80. The number of nitrogens with one attached hydrogen (secondary N) is 2. The normalized spacial score (nSPS) is 14.4. The Labute approximate surface area is 214 Å². The Morgan fingerprint density at radius 1 is 1.00 bits per heavy atom. The molecule has 0 unspecified atom stereocenters. The maximum Gasteiger partial charge on any atom is 0.191 e. The lowest BCUT2D eigenvalue weighted by Crippen LogP contribution is -2.48. The molecule has 0 atom stereocenters. The standard InChI is InChI=1S/C25H36N4O3.HI/c1-5-32-18-20-8-6-19(7-9-20)17-27-25(26-2)28-21-10-12-29(13-11-21)22-14-23(30-3)16-24(15-22)31-4;/h6-9,14-16,21H,5,10-13,17-18H2,1-4H3,(H2,26,27,28);1H. The maximum absolute atomic E-state index is 5.46. The van der Waals surface area contributed by atoms with Crippen LogP contribution in [0, 0.1) is 0 Å². The predicted octanol–water partition coefficient (Wildman–Crippen LogP) is 4.19. The fraction of sp³-hybridized carbons (Fsp3) is 0.480. The summed E-state index contributed by atoms with van der Waals surface area (Å²) in [4.78, 5) is 6.78. The van der Waals surface area contributed by atoms with Gasteiger partial charge in [-0.1, -0.05) is 24.3 Å². The zero-order valence-electron chi connectivity index (χ0n) is 20.1. The number of rotatable bonds is 9. The Morgan fingerprint density at radius 2 is 1.61 bits per heavy atom. The number of aliphatic imine (C=N–C) groups is 1. The smallest absolute Gasteiger partial charge is 0.191 e. The number of guanidine groups is 1. The summed E-state index contributed by atoms with van der Waals surface area (Å²) < 4.78 is 16.3. The summed E-state index contributed by atoms with van der Waals surface area (Å²) in [7, 11) is 5.18. The third kappa shape index (κ3) is 8.26. The van der Waals surface area contributed by atoms with Crippen molar-refractivity contribution in [3.05, 3.63) is 53.6 Å². The summed E-state index contributed by atoms with van der Waals surface area (Å²) in [6, 6.07) is 14.9. The molecule has 3 rings (SSSR count). The molecule has 1 aliphatic heterocycles. The third-order valence-electron chi connectivity index (χ3n) is 5.72. The third-order valence-corrected chi connectivity index (χ3v) is 5.72. The second kappa shape index (κ2) is 14.1. The van der Waals surface area contributed by atoms with Gasteiger partial charge in [-0.2, -0.15) is 0 Å². The number of piperidine rings is 1. The van der Waals surface area contributed by atoms with Crippen LogP contribution in [0.2, 0.25) is 0 Å². The van der Waals surface area contributed by atoms with Crippen LogP contribution >= 0.6 is 24.0 Å². The van der Waals surface area contributed by atoms with Gasteiger partial charge >= 0.3 is 0 Å². The van der Waals surface area contributed by atoms with Crippen molar-refractivity contribution in [1.29, 1.82) is 0 Å². The first kappa shape index (κ1) is 27.0. The van der Waals surface area contributed by atoms with Gasteiger partial charge in [-0.25, -0.2) is 0 Å². The topological polar surface area (TPSA) is 67.4 Å². The summed E-state index contributed by atoms with van der Waals surface area (Å²) in [6.45, 7) is 6.07. The second-order valence-electron chi connectivity index (χ2n) is 7.86. The van der Waals surface area contributed by atoms with E-state index in [2.05, 4.69) is 56.9 Å². The number of methoxy groups -OCH3 is 2. The van der Waals surface area contributed by atoms with Crippen LogP contribution in [0.5, 0.6) is 11.5 Å². The molecule has 1 aliphatic rings. The van der Waals surface area contributed by atoms with Crippen LogP contribution in [0.1, 0.15) is 30.9 Å². The molecular weight excluding hydrogens is 531 g/mol. The number of ether oxygens (including phenoxy) is 3. The van der Waals surface area contributed by atoms with Gasteiger partial charge in [-0.15, -0.1) is 24.0 Å². The molecule has 0 spiro atoms. The van der Waals surface area contributed by atoms with E-state index < -0.39 is 0 Å².